The monoisotopic (exact) mass is 239 g/mol. The zero-order valence-electron chi connectivity index (χ0n) is 10.2. The highest BCUT2D eigenvalue weighted by molar-refractivity contribution is 7.15. The minimum atomic E-state index is 0.540. The zero-order valence-corrected chi connectivity index (χ0v) is 11.0. The number of hydrogen-bond acceptors (Lipinski definition) is 4. The Morgan fingerprint density at radius 3 is 2.69 bits per heavy atom. The summed E-state index contributed by atoms with van der Waals surface area (Å²) in [5.74, 6) is 0.822. The highest BCUT2D eigenvalue weighted by atomic mass is 32.1. The van der Waals surface area contributed by atoms with Crippen molar-refractivity contribution in [3.63, 3.8) is 0 Å². The molecule has 1 aliphatic rings. The van der Waals surface area contributed by atoms with Gasteiger partial charge in [-0.2, -0.15) is 0 Å². The van der Waals surface area contributed by atoms with Gasteiger partial charge in [0.25, 0.3) is 0 Å². The molecule has 1 unspecified atom stereocenters. The van der Waals surface area contributed by atoms with Crippen molar-refractivity contribution in [2.24, 2.45) is 5.92 Å². The zero-order chi connectivity index (χ0) is 11.4. The van der Waals surface area contributed by atoms with Crippen molar-refractivity contribution in [1.29, 1.82) is 0 Å². The molecule has 0 spiro atoms. The van der Waals surface area contributed by atoms with Crippen LogP contribution in [0.25, 0.3) is 0 Å². The van der Waals surface area contributed by atoms with Crippen LogP contribution in [0, 0.1) is 5.92 Å². The van der Waals surface area contributed by atoms with Crippen LogP contribution in [0.1, 0.15) is 51.0 Å². The van der Waals surface area contributed by atoms with E-state index in [1.807, 2.05) is 0 Å². The number of rotatable bonds is 4. The second-order valence-corrected chi connectivity index (χ2v) is 5.75. The Kier molecular flexibility index (Phi) is 4.16. The molecule has 0 amide bonds. The van der Waals surface area contributed by atoms with Crippen molar-refractivity contribution >= 4 is 16.5 Å². The number of nitrogens with one attached hydrogen (secondary N) is 1. The fraction of sp³-hybridized carbons (Fsp3) is 0.833. The minimum Gasteiger partial charge on any atom is -0.357 e. The topological polar surface area (TPSA) is 37.8 Å². The van der Waals surface area contributed by atoms with Gasteiger partial charge < -0.3 is 5.32 Å². The van der Waals surface area contributed by atoms with Gasteiger partial charge in [0.2, 0.25) is 5.13 Å². The Morgan fingerprint density at radius 2 is 2.06 bits per heavy atom. The number of nitrogens with zero attached hydrogens (tertiary/aromatic N) is 2. The van der Waals surface area contributed by atoms with Crippen LogP contribution in [0.3, 0.4) is 0 Å². The Bertz CT molecular complexity index is 318. The van der Waals surface area contributed by atoms with Gasteiger partial charge in [0.05, 0.1) is 0 Å². The van der Waals surface area contributed by atoms with Gasteiger partial charge in [-0.3, -0.25) is 0 Å². The SMILES string of the molecule is CCc1nnc(NC(C)C2CCCCC2)s1. The van der Waals surface area contributed by atoms with Crippen LogP contribution in [0.4, 0.5) is 5.13 Å². The maximum Gasteiger partial charge on any atom is 0.205 e. The Morgan fingerprint density at radius 1 is 1.31 bits per heavy atom. The first-order valence-corrected chi connectivity index (χ1v) is 7.20. The van der Waals surface area contributed by atoms with Gasteiger partial charge in [0.15, 0.2) is 0 Å². The summed E-state index contributed by atoms with van der Waals surface area (Å²) in [6.07, 6.45) is 7.93. The van der Waals surface area contributed by atoms with Crippen LogP contribution in [0.2, 0.25) is 0 Å². The summed E-state index contributed by atoms with van der Waals surface area (Å²) in [7, 11) is 0. The second kappa shape index (κ2) is 5.62. The van der Waals surface area contributed by atoms with Gasteiger partial charge in [-0.25, -0.2) is 0 Å². The third-order valence-corrected chi connectivity index (χ3v) is 4.48. The second-order valence-electron chi connectivity index (χ2n) is 4.69. The van der Waals surface area contributed by atoms with Crippen LogP contribution in [-0.4, -0.2) is 16.2 Å². The maximum atomic E-state index is 4.18. The van der Waals surface area contributed by atoms with Crippen molar-refractivity contribution < 1.29 is 0 Å². The average molecular weight is 239 g/mol. The molecule has 2 rings (SSSR count). The molecule has 1 aliphatic carbocycles. The van der Waals surface area contributed by atoms with Crippen molar-refractivity contribution in [3.05, 3.63) is 5.01 Å². The summed E-state index contributed by atoms with van der Waals surface area (Å²) < 4.78 is 0. The molecule has 0 bridgehead atoms. The van der Waals surface area contributed by atoms with Gasteiger partial charge in [-0.15, -0.1) is 10.2 Å². The van der Waals surface area contributed by atoms with E-state index in [0.29, 0.717) is 6.04 Å². The summed E-state index contributed by atoms with van der Waals surface area (Å²) in [6.45, 7) is 4.40. The van der Waals surface area contributed by atoms with Gasteiger partial charge in [0.1, 0.15) is 5.01 Å². The molecule has 1 atom stereocenters. The van der Waals surface area contributed by atoms with E-state index >= 15 is 0 Å². The smallest absolute Gasteiger partial charge is 0.205 e. The maximum absolute atomic E-state index is 4.18. The Labute approximate surface area is 102 Å². The van der Waals surface area contributed by atoms with Gasteiger partial charge in [-0.05, 0) is 32.1 Å². The molecule has 1 aromatic heterocycles. The molecule has 4 heteroatoms. The third-order valence-electron chi connectivity index (χ3n) is 3.48. The van der Waals surface area contributed by atoms with Gasteiger partial charge in [-0.1, -0.05) is 37.5 Å². The van der Waals surface area contributed by atoms with Crippen molar-refractivity contribution in [2.75, 3.05) is 5.32 Å². The standard InChI is InChI=1S/C12H21N3S/c1-3-11-14-15-12(16-11)13-9(2)10-7-5-4-6-8-10/h9-10H,3-8H2,1-2H3,(H,13,15). The van der Waals surface area contributed by atoms with E-state index in [0.717, 1.165) is 22.5 Å². The van der Waals surface area contributed by atoms with Crippen molar-refractivity contribution in [2.45, 2.75) is 58.4 Å². The quantitative estimate of drug-likeness (QED) is 0.874. The fourth-order valence-electron chi connectivity index (χ4n) is 2.40. The third kappa shape index (κ3) is 2.94. The lowest BCUT2D eigenvalue weighted by Gasteiger charge is -2.27. The van der Waals surface area contributed by atoms with Crippen LogP contribution in [-0.2, 0) is 6.42 Å². The largest absolute Gasteiger partial charge is 0.357 e. The summed E-state index contributed by atoms with van der Waals surface area (Å²) in [5.41, 5.74) is 0. The van der Waals surface area contributed by atoms with Gasteiger partial charge >= 0.3 is 0 Å². The van der Waals surface area contributed by atoms with Crippen LogP contribution in [0.5, 0.6) is 0 Å². The molecule has 90 valence electrons. The molecule has 3 nitrogen and oxygen atoms in total. The molecular weight excluding hydrogens is 218 g/mol. The Hall–Kier alpha value is -0.640. The van der Waals surface area contributed by atoms with Crippen LogP contribution < -0.4 is 5.32 Å². The first kappa shape index (κ1) is 11.8. The lowest BCUT2D eigenvalue weighted by atomic mass is 9.85. The molecule has 1 saturated carbocycles. The van der Waals surface area contributed by atoms with Crippen LogP contribution in [0.15, 0.2) is 0 Å². The number of aryl methyl sites for hydroxylation is 1. The molecule has 0 saturated heterocycles. The molecule has 1 fully saturated rings. The molecule has 1 N–H and O–H groups in total. The van der Waals surface area contributed by atoms with Crippen molar-refractivity contribution in [1.82, 2.24) is 10.2 Å². The average Bonchev–Trinajstić information content (AvgIpc) is 2.78. The molecular formula is C12H21N3S. The highest BCUT2D eigenvalue weighted by Gasteiger charge is 2.20. The lowest BCUT2D eigenvalue weighted by Crippen LogP contribution is -2.27. The molecule has 0 aromatic carbocycles. The number of anilines is 1. The summed E-state index contributed by atoms with van der Waals surface area (Å²) in [6, 6.07) is 0.540. The van der Waals surface area contributed by atoms with E-state index in [9.17, 15) is 0 Å². The normalized spacial score (nSPS) is 19.6. The Balaban J connectivity index is 1.87. The molecule has 16 heavy (non-hydrogen) atoms. The fourth-order valence-corrected chi connectivity index (χ4v) is 3.18. The van der Waals surface area contributed by atoms with E-state index < -0.39 is 0 Å². The summed E-state index contributed by atoms with van der Waals surface area (Å²) in [4.78, 5) is 0. The summed E-state index contributed by atoms with van der Waals surface area (Å²) >= 11 is 1.69. The molecule has 0 radical (unpaired) electrons. The van der Waals surface area contributed by atoms with Crippen molar-refractivity contribution in [3.8, 4) is 0 Å². The minimum absolute atomic E-state index is 0.540. The molecule has 1 aromatic rings. The lowest BCUT2D eigenvalue weighted by molar-refractivity contribution is 0.328. The predicted molar refractivity (Wildman–Crippen MR) is 68.9 cm³/mol. The molecule has 0 aliphatic heterocycles. The molecule has 1 heterocycles. The van der Waals surface area contributed by atoms with Crippen LogP contribution >= 0.6 is 11.3 Å². The number of hydrogen-bond donors (Lipinski definition) is 1. The first-order valence-electron chi connectivity index (χ1n) is 6.38. The predicted octanol–water partition coefficient (Wildman–Crippen LogP) is 3.48. The van der Waals surface area contributed by atoms with Gasteiger partial charge in [0, 0.05) is 6.04 Å². The van der Waals surface area contributed by atoms with E-state index in [2.05, 4.69) is 29.4 Å². The van der Waals surface area contributed by atoms with E-state index in [1.165, 1.54) is 32.1 Å². The van der Waals surface area contributed by atoms with E-state index in [4.69, 9.17) is 0 Å². The first-order chi connectivity index (χ1) is 7.79. The van der Waals surface area contributed by atoms with E-state index in [1.54, 1.807) is 11.3 Å². The highest BCUT2D eigenvalue weighted by Crippen LogP contribution is 2.28. The number of aromatic nitrogens is 2. The summed E-state index contributed by atoms with van der Waals surface area (Å²) in [5, 5.41) is 13.9. The van der Waals surface area contributed by atoms with E-state index in [-0.39, 0.29) is 0 Å².